The molecule has 180 valence electrons. The van der Waals surface area contributed by atoms with Crippen LogP contribution in [0.1, 0.15) is 18.0 Å². The molecule has 0 amide bonds. The molecule has 5 aromatic carbocycles. The molecule has 2 aromatic heterocycles. The summed E-state index contributed by atoms with van der Waals surface area (Å²) >= 11 is 0. The smallest absolute Gasteiger partial charge is 0.0566 e. The maximum atomic E-state index is 2.52. The summed E-state index contributed by atoms with van der Waals surface area (Å²) in [6.07, 6.45) is 8.05. The molecule has 0 saturated heterocycles. The van der Waals surface area contributed by atoms with E-state index in [1.54, 1.807) is 0 Å². The van der Waals surface area contributed by atoms with Crippen molar-refractivity contribution in [3.05, 3.63) is 145 Å². The Hall–Kier alpha value is -4.82. The second-order valence-electron chi connectivity index (χ2n) is 10.2. The monoisotopic (exact) mass is 486 g/mol. The molecule has 7 aromatic rings. The molecule has 1 aliphatic carbocycles. The minimum Gasteiger partial charge on any atom is -0.333 e. The van der Waals surface area contributed by atoms with Gasteiger partial charge in [0.05, 0.1) is 17.1 Å². The molecule has 1 unspecified atom stereocenters. The summed E-state index contributed by atoms with van der Waals surface area (Å²) in [5, 5.41) is 5.22. The van der Waals surface area contributed by atoms with Crippen molar-refractivity contribution < 1.29 is 0 Å². The van der Waals surface area contributed by atoms with Gasteiger partial charge in [0, 0.05) is 38.3 Å². The molecule has 0 aliphatic heterocycles. The average molecular weight is 487 g/mol. The minimum atomic E-state index is 0.261. The SMILES string of the molecule is C1=CC(c2cccc(-n3c4ccccc4c4ccccc43)c2)=CC(n2c3ccccc3c3ccccc32)C1. The lowest BCUT2D eigenvalue weighted by atomic mass is 9.96. The van der Waals surface area contributed by atoms with Crippen molar-refractivity contribution in [2.24, 2.45) is 0 Å². The van der Waals surface area contributed by atoms with E-state index in [1.165, 1.54) is 60.4 Å². The fraction of sp³-hybridized carbons (Fsp3) is 0.0556. The van der Waals surface area contributed by atoms with Gasteiger partial charge < -0.3 is 9.13 Å². The highest BCUT2D eigenvalue weighted by Crippen LogP contribution is 2.37. The molecule has 2 heterocycles. The third-order valence-corrected chi connectivity index (χ3v) is 8.01. The average Bonchev–Trinajstić information content (AvgIpc) is 3.51. The van der Waals surface area contributed by atoms with E-state index in [-0.39, 0.29) is 6.04 Å². The Morgan fingerprint density at radius 3 is 1.66 bits per heavy atom. The van der Waals surface area contributed by atoms with Crippen LogP contribution in [-0.4, -0.2) is 9.13 Å². The number of benzene rings is 5. The molecule has 0 saturated carbocycles. The van der Waals surface area contributed by atoms with Gasteiger partial charge in [0.1, 0.15) is 0 Å². The lowest BCUT2D eigenvalue weighted by molar-refractivity contribution is 0.650. The number of nitrogens with zero attached hydrogens (tertiary/aromatic N) is 2. The van der Waals surface area contributed by atoms with Crippen LogP contribution in [0.5, 0.6) is 0 Å². The number of fused-ring (bicyclic) bond motifs is 6. The predicted molar refractivity (Wildman–Crippen MR) is 161 cm³/mol. The molecule has 0 N–H and O–H groups in total. The van der Waals surface area contributed by atoms with Gasteiger partial charge in [-0.25, -0.2) is 0 Å². The van der Waals surface area contributed by atoms with E-state index < -0.39 is 0 Å². The zero-order valence-electron chi connectivity index (χ0n) is 21.0. The summed E-state index contributed by atoms with van der Waals surface area (Å²) in [5.41, 5.74) is 8.77. The summed E-state index contributed by atoms with van der Waals surface area (Å²) in [6.45, 7) is 0. The molecule has 0 bridgehead atoms. The maximum Gasteiger partial charge on any atom is 0.0566 e. The molecule has 38 heavy (non-hydrogen) atoms. The largest absolute Gasteiger partial charge is 0.333 e. The Morgan fingerprint density at radius 1 is 0.526 bits per heavy atom. The summed E-state index contributed by atoms with van der Waals surface area (Å²) in [4.78, 5) is 0. The van der Waals surface area contributed by atoms with E-state index in [1.807, 2.05) is 0 Å². The highest BCUT2D eigenvalue weighted by atomic mass is 15.0. The lowest BCUT2D eigenvalue weighted by Gasteiger charge is -2.21. The van der Waals surface area contributed by atoms with Crippen LogP contribution in [-0.2, 0) is 0 Å². The van der Waals surface area contributed by atoms with Gasteiger partial charge in [0.25, 0.3) is 0 Å². The third-order valence-electron chi connectivity index (χ3n) is 8.01. The van der Waals surface area contributed by atoms with Gasteiger partial charge in [-0.15, -0.1) is 0 Å². The highest BCUT2D eigenvalue weighted by molar-refractivity contribution is 6.09. The van der Waals surface area contributed by atoms with E-state index in [0.29, 0.717) is 0 Å². The van der Waals surface area contributed by atoms with E-state index in [4.69, 9.17) is 0 Å². The Morgan fingerprint density at radius 2 is 1.05 bits per heavy atom. The Balaban J connectivity index is 1.28. The van der Waals surface area contributed by atoms with Crippen LogP contribution in [0.2, 0.25) is 0 Å². The van der Waals surface area contributed by atoms with Crippen LogP contribution in [0.25, 0.3) is 54.9 Å². The number of para-hydroxylation sites is 4. The Kier molecular flexibility index (Phi) is 4.68. The quantitative estimate of drug-likeness (QED) is 0.235. The third kappa shape index (κ3) is 3.13. The number of hydrogen-bond acceptors (Lipinski definition) is 0. The van der Waals surface area contributed by atoms with E-state index in [0.717, 1.165) is 6.42 Å². The number of aromatic nitrogens is 2. The van der Waals surface area contributed by atoms with Crippen LogP contribution < -0.4 is 0 Å². The minimum absolute atomic E-state index is 0.261. The van der Waals surface area contributed by atoms with Crippen molar-refractivity contribution in [1.82, 2.24) is 9.13 Å². The van der Waals surface area contributed by atoms with Crippen LogP contribution in [0.4, 0.5) is 0 Å². The summed E-state index contributed by atoms with van der Waals surface area (Å²) in [5.74, 6) is 0. The molecular formula is C36H26N2. The van der Waals surface area contributed by atoms with Crippen molar-refractivity contribution in [3.63, 3.8) is 0 Å². The van der Waals surface area contributed by atoms with Crippen molar-refractivity contribution in [3.8, 4) is 5.69 Å². The van der Waals surface area contributed by atoms with Crippen LogP contribution >= 0.6 is 0 Å². The number of hydrogen-bond donors (Lipinski definition) is 0. The number of rotatable bonds is 3. The summed E-state index contributed by atoms with van der Waals surface area (Å²) in [7, 11) is 0. The predicted octanol–water partition coefficient (Wildman–Crippen LogP) is 9.48. The number of allylic oxidation sites excluding steroid dienone is 4. The Labute approximate surface area is 221 Å². The van der Waals surface area contributed by atoms with Gasteiger partial charge in [0.2, 0.25) is 0 Å². The zero-order valence-corrected chi connectivity index (χ0v) is 21.0. The van der Waals surface area contributed by atoms with Gasteiger partial charge in [-0.3, -0.25) is 0 Å². The second-order valence-corrected chi connectivity index (χ2v) is 10.2. The van der Waals surface area contributed by atoms with Gasteiger partial charge >= 0.3 is 0 Å². The fourth-order valence-electron chi connectivity index (χ4n) is 6.37. The van der Waals surface area contributed by atoms with Crippen LogP contribution in [0, 0.1) is 0 Å². The van der Waals surface area contributed by atoms with Gasteiger partial charge in [-0.1, -0.05) is 103 Å². The van der Waals surface area contributed by atoms with Crippen molar-refractivity contribution >= 4 is 49.2 Å². The van der Waals surface area contributed by atoms with Crippen LogP contribution in [0.15, 0.2) is 140 Å². The van der Waals surface area contributed by atoms with Gasteiger partial charge in [-0.2, -0.15) is 0 Å². The molecule has 8 rings (SSSR count). The standard InChI is InChI=1S/C36H26N2/c1-5-19-33-29(15-1)30-16-2-6-20-34(30)37(33)27-13-9-11-25(23-27)26-12-10-14-28(24-26)38-35-21-7-3-17-31(35)32-18-4-8-22-36(32)38/h1-13,15-24,28H,14H2. The highest BCUT2D eigenvalue weighted by Gasteiger charge is 2.19. The molecule has 2 nitrogen and oxygen atoms in total. The van der Waals surface area contributed by atoms with Gasteiger partial charge in [-0.05, 0) is 54.0 Å². The van der Waals surface area contributed by atoms with Gasteiger partial charge in [0.15, 0.2) is 0 Å². The first kappa shape index (κ1) is 21.3. The van der Waals surface area contributed by atoms with Crippen molar-refractivity contribution in [2.75, 3.05) is 0 Å². The molecule has 0 spiro atoms. The maximum absolute atomic E-state index is 2.52. The molecule has 1 aliphatic rings. The van der Waals surface area contributed by atoms with Crippen molar-refractivity contribution in [1.29, 1.82) is 0 Å². The molecular weight excluding hydrogens is 460 g/mol. The first-order chi connectivity index (χ1) is 18.9. The van der Waals surface area contributed by atoms with E-state index in [2.05, 4.69) is 149 Å². The normalized spacial score (nSPS) is 15.6. The summed E-state index contributed by atoms with van der Waals surface area (Å²) in [6, 6.07) is 44.2. The second kappa shape index (κ2) is 8.36. The molecule has 2 heteroatoms. The lowest BCUT2D eigenvalue weighted by Crippen LogP contribution is -2.08. The van der Waals surface area contributed by atoms with Crippen LogP contribution in [0.3, 0.4) is 0 Å². The van der Waals surface area contributed by atoms with E-state index >= 15 is 0 Å². The topological polar surface area (TPSA) is 9.86 Å². The van der Waals surface area contributed by atoms with E-state index in [9.17, 15) is 0 Å². The first-order valence-corrected chi connectivity index (χ1v) is 13.3. The summed E-state index contributed by atoms with van der Waals surface area (Å²) < 4.78 is 4.91. The first-order valence-electron chi connectivity index (χ1n) is 13.3. The molecule has 0 fully saturated rings. The fourth-order valence-corrected chi connectivity index (χ4v) is 6.37. The van der Waals surface area contributed by atoms with Crippen molar-refractivity contribution in [2.45, 2.75) is 12.5 Å². The molecule has 1 atom stereocenters. The Bertz CT molecular complexity index is 1960. The molecule has 0 radical (unpaired) electrons. The zero-order chi connectivity index (χ0) is 25.1.